The van der Waals surface area contributed by atoms with Crippen molar-refractivity contribution in [2.45, 2.75) is 123 Å². The number of unbranched alkanes of at least 4 members (excludes halogenated alkanes) is 13. The molecule has 3 nitrogen and oxygen atoms in total. The molecule has 0 saturated heterocycles. The van der Waals surface area contributed by atoms with Crippen molar-refractivity contribution < 1.29 is 4.79 Å². The summed E-state index contributed by atoms with van der Waals surface area (Å²) in [5.74, 6) is 0.125. The molecule has 0 aromatic rings. The highest BCUT2D eigenvalue weighted by atomic mass is 16.1. The molecule has 1 atom stereocenters. The molecule has 0 aromatic heterocycles. The van der Waals surface area contributed by atoms with Gasteiger partial charge in [-0.15, -0.1) is 0 Å². The number of carbonyl (C=O) groups is 1. The van der Waals surface area contributed by atoms with Crippen molar-refractivity contribution in [2.24, 2.45) is 0 Å². The second-order valence-electron chi connectivity index (χ2n) is 7.65. The van der Waals surface area contributed by atoms with Crippen LogP contribution < -0.4 is 10.6 Å². The summed E-state index contributed by atoms with van der Waals surface area (Å²) in [5, 5.41) is 6.23. The van der Waals surface area contributed by atoms with E-state index in [1.165, 1.54) is 89.9 Å². The van der Waals surface area contributed by atoms with E-state index in [-0.39, 0.29) is 11.9 Å². The van der Waals surface area contributed by atoms with Gasteiger partial charge in [0.1, 0.15) is 0 Å². The molecule has 0 spiro atoms. The molecule has 0 rings (SSSR count). The maximum absolute atomic E-state index is 11.6. The van der Waals surface area contributed by atoms with Gasteiger partial charge in [0.25, 0.3) is 0 Å². The lowest BCUT2D eigenvalue weighted by Crippen LogP contribution is -2.38. The van der Waals surface area contributed by atoms with Crippen molar-refractivity contribution in [3.05, 3.63) is 0 Å². The first-order valence-corrected chi connectivity index (χ1v) is 11.2. The van der Waals surface area contributed by atoms with Crippen LogP contribution in [0, 0.1) is 0 Å². The molecule has 25 heavy (non-hydrogen) atoms. The molecule has 1 amide bonds. The van der Waals surface area contributed by atoms with E-state index in [1.54, 1.807) is 0 Å². The topological polar surface area (TPSA) is 41.1 Å². The SMILES string of the molecule is CCCCCCCCCCCCCCCCNCC(=O)NC(C)CC. The quantitative estimate of drug-likeness (QED) is 0.280. The Labute approximate surface area is 158 Å². The van der Waals surface area contributed by atoms with E-state index in [2.05, 4.69) is 24.5 Å². The third-order valence-corrected chi connectivity index (χ3v) is 5.01. The van der Waals surface area contributed by atoms with E-state index in [1.807, 2.05) is 6.92 Å². The van der Waals surface area contributed by atoms with Gasteiger partial charge in [0.15, 0.2) is 0 Å². The van der Waals surface area contributed by atoms with Crippen molar-refractivity contribution in [2.75, 3.05) is 13.1 Å². The molecule has 0 heterocycles. The molecule has 2 N–H and O–H groups in total. The molecule has 0 aliphatic heterocycles. The molecule has 0 aromatic carbocycles. The molecule has 0 saturated carbocycles. The first-order valence-electron chi connectivity index (χ1n) is 11.2. The summed E-state index contributed by atoms with van der Waals surface area (Å²) in [6.07, 6.45) is 20.4. The van der Waals surface area contributed by atoms with Crippen molar-refractivity contribution in [3.63, 3.8) is 0 Å². The Hall–Kier alpha value is -0.570. The Morgan fingerprint density at radius 3 is 1.60 bits per heavy atom. The molecule has 0 aliphatic carbocycles. The number of nitrogens with one attached hydrogen (secondary N) is 2. The van der Waals surface area contributed by atoms with Crippen LogP contribution in [0.1, 0.15) is 117 Å². The van der Waals surface area contributed by atoms with Crippen LogP contribution >= 0.6 is 0 Å². The summed E-state index contributed by atoms with van der Waals surface area (Å²) in [4.78, 5) is 11.6. The summed E-state index contributed by atoms with van der Waals surface area (Å²) in [5.41, 5.74) is 0. The van der Waals surface area contributed by atoms with Crippen LogP contribution in [0.2, 0.25) is 0 Å². The van der Waals surface area contributed by atoms with E-state index in [9.17, 15) is 4.79 Å². The summed E-state index contributed by atoms with van der Waals surface area (Å²) in [6, 6.07) is 0.287. The minimum atomic E-state index is 0.125. The van der Waals surface area contributed by atoms with E-state index in [4.69, 9.17) is 0 Å². The van der Waals surface area contributed by atoms with E-state index in [0.717, 1.165) is 13.0 Å². The number of rotatable bonds is 19. The van der Waals surface area contributed by atoms with Crippen molar-refractivity contribution in [1.29, 1.82) is 0 Å². The van der Waals surface area contributed by atoms with Gasteiger partial charge in [-0.05, 0) is 26.3 Å². The number of hydrogen-bond donors (Lipinski definition) is 2. The van der Waals surface area contributed by atoms with Crippen molar-refractivity contribution in [3.8, 4) is 0 Å². The molecule has 1 unspecified atom stereocenters. The van der Waals surface area contributed by atoms with Crippen LogP contribution in [-0.4, -0.2) is 25.0 Å². The van der Waals surface area contributed by atoms with Gasteiger partial charge in [-0.1, -0.05) is 97.3 Å². The zero-order valence-electron chi connectivity index (χ0n) is 17.5. The molecule has 0 bridgehead atoms. The van der Waals surface area contributed by atoms with Crippen LogP contribution in [0.15, 0.2) is 0 Å². The van der Waals surface area contributed by atoms with E-state index < -0.39 is 0 Å². The first-order chi connectivity index (χ1) is 12.2. The number of carbonyl (C=O) groups excluding carboxylic acids is 1. The predicted octanol–water partition coefficient (Wildman–Crippen LogP) is 5.97. The Morgan fingerprint density at radius 1 is 0.720 bits per heavy atom. The summed E-state index contributed by atoms with van der Waals surface area (Å²) >= 11 is 0. The fraction of sp³-hybridized carbons (Fsp3) is 0.955. The molecule has 0 aliphatic rings. The summed E-state index contributed by atoms with van der Waals surface area (Å²) < 4.78 is 0. The van der Waals surface area contributed by atoms with Gasteiger partial charge in [0.2, 0.25) is 5.91 Å². The average Bonchev–Trinajstić information content (AvgIpc) is 2.61. The monoisotopic (exact) mass is 354 g/mol. The minimum absolute atomic E-state index is 0.125. The predicted molar refractivity (Wildman–Crippen MR) is 111 cm³/mol. The highest BCUT2D eigenvalue weighted by molar-refractivity contribution is 5.78. The maximum atomic E-state index is 11.6. The smallest absolute Gasteiger partial charge is 0.234 e. The van der Waals surface area contributed by atoms with Gasteiger partial charge < -0.3 is 10.6 Å². The molecular weight excluding hydrogens is 308 g/mol. The van der Waals surface area contributed by atoms with Gasteiger partial charge in [0, 0.05) is 6.04 Å². The van der Waals surface area contributed by atoms with Gasteiger partial charge in [-0.3, -0.25) is 4.79 Å². The van der Waals surface area contributed by atoms with E-state index >= 15 is 0 Å². The maximum Gasteiger partial charge on any atom is 0.234 e. The van der Waals surface area contributed by atoms with Gasteiger partial charge in [0.05, 0.1) is 6.54 Å². The highest BCUT2D eigenvalue weighted by Gasteiger charge is 2.03. The lowest BCUT2D eigenvalue weighted by molar-refractivity contribution is -0.120. The Balaban J connectivity index is 3.11. The van der Waals surface area contributed by atoms with Crippen LogP contribution in [-0.2, 0) is 4.79 Å². The van der Waals surface area contributed by atoms with Crippen LogP contribution in [0.3, 0.4) is 0 Å². The summed E-state index contributed by atoms with van der Waals surface area (Å²) in [7, 11) is 0. The lowest BCUT2D eigenvalue weighted by atomic mass is 10.0. The second-order valence-corrected chi connectivity index (χ2v) is 7.65. The summed E-state index contributed by atoms with van der Waals surface area (Å²) in [6.45, 7) is 7.84. The molecule has 150 valence electrons. The van der Waals surface area contributed by atoms with Gasteiger partial charge in [-0.25, -0.2) is 0 Å². The van der Waals surface area contributed by atoms with E-state index in [0.29, 0.717) is 6.54 Å². The molecule has 3 heteroatoms. The van der Waals surface area contributed by atoms with Crippen molar-refractivity contribution in [1.82, 2.24) is 10.6 Å². The Morgan fingerprint density at radius 2 is 1.16 bits per heavy atom. The fourth-order valence-electron chi connectivity index (χ4n) is 3.07. The third-order valence-electron chi connectivity index (χ3n) is 5.01. The normalized spacial score (nSPS) is 12.3. The second kappa shape index (κ2) is 19.8. The van der Waals surface area contributed by atoms with Gasteiger partial charge >= 0.3 is 0 Å². The van der Waals surface area contributed by atoms with Crippen LogP contribution in [0.25, 0.3) is 0 Å². The average molecular weight is 355 g/mol. The molecule has 0 radical (unpaired) electrons. The zero-order valence-corrected chi connectivity index (χ0v) is 17.5. The van der Waals surface area contributed by atoms with Gasteiger partial charge in [-0.2, -0.15) is 0 Å². The molecular formula is C22H46N2O. The zero-order chi connectivity index (χ0) is 18.6. The lowest BCUT2D eigenvalue weighted by Gasteiger charge is -2.11. The number of hydrogen-bond acceptors (Lipinski definition) is 2. The standard InChI is InChI=1S/C22H46N2O/c1-4-6-7-8-9-10-11-12-13-14-15-16-17-18-19-23-20-22(25)24-21(3)5-2/h21,23H,4-20H2,1-3H3,(H,24,25). The first kappa shape index (κ1) is 24.4. The fourth-order valence-corrected chi connectivity index (χ4v) is 3.07. The van der Waals surface area contributed by atoms with Crippen LogP contribution in [0.4, 0.5) is 0 Å². The Bertz CT molecular complexity index is 281. The van der Waals surface area contributed by atoms with Crippen LogP contribution in [0.5, 0.6) is 0 Å². The Kier molecular flexibility index (Phi) is 19.3. The highest BCUT2D eigenvalue weighted by Crippen LogP contribution is 2.12. The minimum Gasteiger partial charge on any atom is -0.353 e. The molecule has 0 fully saturated rings. The largest absolute Gasteiger partial charge is 0.353 e. The van der Waals surface area contributed by atoms with Crippen molar-refractivity contribution >= 4 is 5.91 Å². The third kappa shape index (κ3) is 19.6. The number of amides is 1.